The van der Waals surface area contributed by atoms with E-state index in [0.717, 1.165) is 5.56 Å². The minimum Gasteiger partial charge on any atom is -0.478 e. The van der Waals surface area contributed by atoms with Crippen molar-refractivity contribution in [3.05, 3.63) is 46.8 Å². The Hall–Kier alpha value is -2.28. The number of hydrogen-bond donors (Lipinski definition) is 1. The summed E-state index contributed by atoms with van der Waals surface area (Å²) in [5.74, 6) is 0.0392. The van der Waals surface area contributed by atoms with E-state index in [1.165, 1.54) is 0 Å². The summed E-state index contributed by atoms with van der Waals surface area (Å²) in [6, 6.07) is 9.28. The molecule has 4 heteroatoms. The van der Waals surface area contributed by atoms with Crippen molar-refractivity contribution in [2.75, 3.05) is 6.61 Å². The van der Waals surface area contributed by atoms with Crippen LogP contribution in [-0.2, 0) is 4.74 Å². The molecule has 0 bridgehead atoms. The molecule has 0 radical (unpaired) electrons. The van der Waals surface area contributed by atoms with E-state index in [1.54, 1.807) is 12.1 Å². The molecule has 86 valence electrons. The van der Waals surface area contributed by atoms with Crippen LogP contribution in [0.4, 0.5) is 0 Å². The molecule has 1 aliphatic rings. The van der Waals surface area contributed by atoms with Crippen molar-refractivity contribution in [3.63, 3.8) is 0 Å². The SMILES string of the molecule is Cc1cccc(C(=O)NC2=C(C#N)CCO2)c1. The number of amides is 1. The van der Waals surface area contributed by atoms with E-state index in [2.05, 4.69) is 5.32 Å². The Labute approximate surface area is 99.5 Å². The van der Waals surface area contributed by atoms with E-state index in [1.807, 2.05) is 25.1 Å². The number of rotatable bonds is 2. The second kappa shape index (κ2) is 4.71. The summed E-state index contributed by atoms with van der Waals surface area (Å²) < 4.78 is 5.20. The lowest BCUT2D eigenvalue weighted by molar-refractivity contribution is 0.0930. The van der Waals surface area contributed by atoms with Gasteiger partial charge < -0.3 is 4.74 Å². The van der Waals surface area contributed by atoms with Crippen LogP contribution in [-0.4, -0.2) is 12.5 Å². The van der Waals surface area contributed by atoms with E-state index >= 15 is 0 Å². The lowest BCUT2D eigenvalue weighted by atomic mass is 10.1. The zero-order valence-corrected chi connectivity index (χ0v) is 9.49. The van der Waals surface area contributed by atoms with Gasteiger partial charge in [-0.05, 0) is 19.1 Å². The smallest absolute Gasteiger partial charge is 0.257 e. The summed E-state index contributed by atoms with van der Waals surface area (Å²) in [4.78, 5) is 11.9. The van der Waals surface area contributed by atoms with E-state index in [-0.39, 0.29) is 5.91 Å². The molecule has 1 aliphatic heterocycles. The van der Waals surface area contributed by atoms with Gasteiger partial charge in [-0.2, -0.15) is 5.26 Å². The molecule has 0 atom stereocenters. The van der Waals surface area contributed by atoms with Gasteiger partial charge in [0.1, 0.15) is 6.07 Å². The molecule has 0 saturated heterocycles. The molecule has 0 aliphatic carbocycles. The second-order valence-corrected chi connectivity index (χ2v) is 3.84. The van der Waals surface area contributed by atoms with Crippen LogP contribution in [0.1, 0.15) is 22.3 Å². The van der Waals surface area contributed by atoms with Crippen LogP contribution in [0.2, 0.25) is 0 Å². The molecule has 0 aromatic heterocycles. The van der Waals surface area contributed by atoms with Crippen LogP contribution in [0.3, 0.4) is 0 Å². The third kappa shape index (κ3) is 2.45. The van der Waals surface area contributed by atoms with Gasteiger partial charge in [0.15, 0.2) is 0 Å². The maximum atomic E-state index is 11.9. The molecule has 4 nitrogen and oxygen atoms in total. The molecule has 1 aromatic rings. The summed E-state index contributed by atoms with van der Waals surface area (Å²) in [6.45, 7) is 2.37. The summed E-state index contributed by atoms with van der Waals surface area (Å²) >= 11 is 0. The average molecular weight is 228 g/mol. The van der Waals surface area contributed by atoms with Crippen LogP contribution in [0, 0.1) is 18.3 Å². The van der Waals surface area contributed by atoms with Crippen molar-refractivity contribution in [1.82, 2.24) is 5.32 Å². The van der Waals surface area contributed by atoms with Gasteiger partial charge in [0.2, 0.25) is 5.88 Å². The molecule has 1 amide bonds. The first kappa shape index (κ1) is 11.2. The number of carbonyl (C=O) groups excluding carboxylic acids is 1. The van der Waals surface area contributed by atoms with Crippen molar-refractivity contribution in [2.45, 2.75) is 13.3 Å². The quantitative estimate of drug-likeness (QED) is 0.840. The van der Waals surface area contributed by atoms with Crippen LogP contribution >= 0.6 is 0 Å². The zero-order chi connectivity index (χ0) is 12.3. The molecule has 2 rings (SSSR count). The Morgan fingerprint density at radius 3 is 3.06 bits per heavy atom. The Morgan fingerprint density at radius 1 is 1.53 bits per heavy atom. The molecule has 0 unspecified atom stereocenters. The largest absolute Gasteiger partial charge is 0.478 e. The molecular formula is C13H12N2O2. The fourth-order valence-electron chi connectivity index (χ4n) is 1.64. The number of aryl methyl sites for hydroxylation is 1. The number of nitrogens with one attached hydrogen (secondary N) is 1. The Balaban J connectivity index is 2.15. The number of carbonyl (C=O) groups is 1. The highest BCUT2D eigenvalue weighted by atomic mass is 16.5. The number of benzene rings is 1. The van der Waals surface area contributed by atoms with Crippen molar-refractivity contribution in [2.24, 2.45) is 0 Å². The third-order valence-corrected chi connectivity index (χ3v) is 2.51. The van der Waals surface area contributed by atoms with Gasteiger partial charge in [-0.25, -0.2) is 0 Å². The van der Waals surface area contributed by atoms with Crippen LogP contribution in [0.5, 0.6) is 0 Å². The Morgan fingerprint density at radius 2 is 2.35 bits per heavy atom. The lowest BCUT2D eigenvalue weighted by Crippen LogP contribution is -2.23. The number of nitrogens with zero attached hydrogens (tertiary/aromatic N) is 1. The maximum Gasteiger partial charge on any atom is 0.257 e. The van der Waals surface area contributed by atoms with E-state index < -0.39 is 0 Å². The monoisotopic (exact) mass is 228 g/mol. The number of nitriles is 1. The normalized spacial score (nSPS) is 14.1. The summed E-state index contributed by atoms with van der Waals surface area (Å²) in [5, 5.41) is 11.4. The molecule has 1 aromatic carbocycles. The highest BCUT2D eigenvalue weighted by Gasteiger charge is 2.18. The molecule has 0 saturated carbocycles. The van der Waals surface area contributed by atoms with Gasteiger partial charge in [-0.3, -0.25) is 10.1 Å². The van der Waals surface area contributed by atoms with Crippen LogP contribution < -0.4 is 5.32 Å². The highest BCUT2D eigenvalue weighted by Crippen LogP contribution is 2.16. The molecule has 0 spiro atoms. The first-order valence-corrected chi connectivity index (χ1v) is 5.35. The van der Waals surface area contributed by atoms with E-state index in [4.69, 9.17) is 10.00 Å². The van der Waals surface area contributed by atoms with Crippen molar-refractivity contribution < 1.29 is 9.53 Å². The highest BCUT2D eigenvalue weighted by molar-refractivity contribution is 5.95. The van der Waals surface area contributed by atoms with Gasteiger partial charge in [-0.15, -0.1) is 0 Å². The minimum absolute atomic E-state index is 0.252. The zero-order valence-electron chi connectivity index (χ0n) is 9.49. The van der Waals surface area contributed by atoms with Crippen LogP contribution in [0.25, 0.3) is 0 Å². The summed E-state index contributed by atoms with van der Waals surface area (Å²) in [7, 11) is 0. The lowest BCUT2D eigenvalue weighted by Gasteiger charge is -2.07. The van der Waals surface area contributed by atoms with Crippen LogP contribution in [0.15, 0.2) is 35.7 Å². The number of hydrogen-bond acceptors (Lipinski definition) is 3. The molecule has 0 fully saturated rings. The average Bonchev–Trinajstić information content (AvgIpc) is 2.76. The van der Waals surface area contributed by atoms with Gasteiger partial charge in [-0.1, -0.05) is 17.7 Å². The van der Waals surface area contributed by atoms with Crippen molar-refractivity contribution in [1.29, 1.82) is 5.26 Å². The van der Waals surface area contributed by atoms with Crippen molar-refractivity contribution >= 4 is 5.91 Å². The van der Waals surface area contributed by atoms with E-state index in [9.17, 15) is 4.79 Å². The summed E-state index contributed by atoms with van der Waals surface area (Å²) in [5.41, 5.74) is 2.07. The fourth-order valence-corrected chi connectivity index (χ4v) is 1.64. The number of ether oxygens (including phenoxy) is 1. The van der Waals surface area contributed by atoms with Gasteiger partial charge in [0.25, 0.3) is 5.91 Å². The maximum absolute atomic E-state index is 11.9. The third-order valence-electron chi connectivity index (χ3n) is 2.51. The molecule has 17 heavy (non-hydrogen) atoms. The Kier molecular flexibility index (Phi) is 3.10. The van der Waals surface area contributed by atoms with Gasteiger partial charge in [0, 0.05) is 12.0 Å². The minimum atomic E-state index is -0.252. The summed E-state index contributed by atoms with van der Waals surface area (Å²) in [6.07, 6.45) is 0.555. The Bertz CT molecular complexity index is 526. The van der Waals surface area contributed by atoms with Gasteiger partial charge >= 0.3 is 0 Å². The predicted molar refractivity (Wildman–Crippen MR) is 61.9 cm³/mol. The molecular weight excluding hydrogens is 216 g/mol. The van der Waals surface area contributed by atoms with Crippen molar-refractivity contribution in [3.8, 4) is 6.07 Å². The predicted octanol–water partition coefficient (Wildman–Crippen LogP) is 1.88. The standard InChI is InChI=1S/C13H12N2O2/c1-9-3-2-4-10(7-9)12(16)15-13-11(8-14)5-6-17-13/h2-4,7H,5-6H2,1H3,(H,15,16). The molecule has 1 heterocycles. The topological polar surface area (TPSA) is 62.1 Å². The second-order valence-electron chi connectivity index (χ2n) is 3.84. The first-order chi connectivity index (χ1) is 8.20. The van der Waals surface area contributed by atoms with E-state index in [0.29, 0.717) is 30.0 Å². The van der Waals surface area contributed by atoms with Gasteiger partial charge in [0.05, 0.1) is 12.2 Å². The fraction of sp³-hybridized carbons (Fsp3) is 0.231. The first-order valence-electron chi connectivity index (χ1n) is 5.35. The molecule has 1 N–H and O–H groups in total.